The van der Waals surface area contributed by atoms with Crippen LogP contribution in [-0.2, 0) is 0 Å². The van der Waals surface area contributed by atoms with Gasteiger partial charge in [-0.2, -0.15) is 0 Å². The Morgan fingerprint density at radius 3 is 2.57 bits per heavy atom. The van der Waals surface area contributed by atoms with E-state index < -0.39 is 6.10 Å². The Balaban J connectivity index is 1.27. The van der Waals surface area contributed by atoms with Gasteiger partial charge in [-0.3, -0.25) is 9.88 Å². The summed E-state index contributed by atoms with van der Waals surface area (Å²) >= 11 is 0. The Morgan fingerprint density at radius 2 is 1.76 bits per heavy atom. The number of nitrogens with zero attached hydrogens (tertiary/aromatic N) is 2. The molecule has 4 heteroatoms. The first kappa shape index (κ1) is 22.5. The molecule has 4 nitrogen and oxygen atoms in total. The average molecular weight is 487 g/mol. The zero-order valence-electron chi connectivity index (χ0n) is 20.8. The molecule has 0 spiro atoms. The monoisotopic (exact) mass is 486 g/mol. The number of hydrogen-bond acceptors (Lipinski definition) is 4. The molecule has 3 saturated heterocycles. The normalized spacial score (nSPS) is 23.9. The van der Waals surface area contributed by atoms with Crippen LogP contribution in [0.25, 0.3) is 32.4 Å². The molecule has 37 heavy (non-hydrogen) atoms. The molecule has 4 aromatic carbocycles. The van der Waals surface area contributed by atoms with Crippen molar-refractivity contribution in [1.29, 1.82) is 0 Å². The lowest BCUT2D eigenvalue weighted by Gasteiger charge is -2.50. The molecule has 184 valence electrons. The van der Waals surface area contributed by atoms with Gasteiger partial charge in [-0.1, -0.05) is 54.6 Å². The van der Waals surface area contributed by atoms with Gasteiger partial charge < -0.3 is 9.84 Å². The van der Waals surface area contributed by atoms with Crippen LogP contribution in [-0.4, -0.2) is 34.1 Å². The molecule has 5 atom stereocenters. The van der Waals surface area contributed by atoms with Crippen LogP contribution in [0.2, 0.25) is 0 Å². The highest BCUT2D eigenvalue weighted by Crippen LogP contribution is 2.43. The number of ether oxygens (including phenoxy) is 1. The van der Waals surface area contributed by atoms with Crippen molar-refractivity contribution < 1.29 is 9.84 Å². The van der Waals surface area contributed by atoms with Gasteiger partial charge in [0, 0.05) is 29.6 Å². The summed E-state index contributed by atoms with van der Waals surface area (Å²) < 4.78 is 6.54. The van der Waals surface area contributed by atoms with Gasteiger partial charge in [-0.05, 0) is 83.3 Å². The summed E-state index contributed by atoms with van der Waals surface area (Å²) in [6.45, 7) is 6.07. The first-order valence-electron chi connectivity index (χ1n) is 13.2. The maximum atomic E-state index is 11.6. The Morgan fingerprint density at radius 1 is 0.946 bits per heavy atom. The highest BCUT2D eigenvalue weighted by Gasteiger charge is 2.42. The molecule has 5 aromatic rings. The number of hydrogen-bond donors (Lipinski definition) is 1. The summed E-state index contributed by atoms with van der Waals surface area (Å²) in [6.07, 6.45) is 5.52. The fourth-order valence-electron chi connectivity index (χ4n) is 6.61. The second-order valence-corrected chi connectivity index (χ2v) is 10.5. The van der Waals surface area contributed by atoms with Gasteiger partial charge in [-0.25, -0.2) is 0 Å². The van der Waals surface area contributed by atoms with Gasteiger partial charge in [0.1, 0.15) is 11.5 Å². The number of benzene rings is 4. The van der Waals surface area contributed by atoms with E-state index in [2.05, 4.69) is 71.1 Å². The van der Waals surface area contributed by atoms with Crippen molar-refractivity contribution in [2.24, 2.45) is 11.8 Å². The molecule has 0 aliphatic carbocycles. The summed E-state index contributed by atoms with van der Waals surface area (Å²) in [7, 11) is 0. The number of aliphatic hydroxyl groups is 1. The minimum absolute atomic E-state index is 0.120. The van der Waals surface area contributed by atoms with Crippen molar-refractivity contribution in [3.8, 4) is 11.5 Å². The Hall–Kier alpha value is -3.73. The third kappa shape index (κ3) is 3.79. The topological polar surface area (TPSA) is 45.6 Å². The maximum absolute atomic E-state index is 11.6. The van der Waals surface area contributed by atoms with Crippen LogP contribution in [0.4, 0.5) is 0 Å². The average Bonchev–Trinajstić information content (AvgIpc) is 2.96. The van der Waals surface area contributed by atoms with Crippen molar-refractivity contribution in [3.05, 3.63) is 103 Å². The quantitative estimate of drug-likeness (QED) is 0.210. The summed E-state index contributed by atoms with van der Waals surface area (Å²) in [5, 5.41) is 17.2. The minimum Gasteiger partial charge on any atom is -0.457 e. The van der Waals surface area contributed by atoms with Gasteiger partial charge in [-0.15, -0.1) is 6.58 Å². The van der Waals surface area contributed by atoms with E-state index in [1.54, 1.807) is 6.20 Å². The number of fused-ring (bicyclic) bond motifs is 7. The molecule has 0 saturated carbocycles. The largest absolute Gasteiger partial charge is 0.457 e. The predicted octanol–water partition coefficient (Wildman–Crippen LogP) is 7.26. The van der Waals surface area contributed by atoms with Crippen LogP contribution < -0.4 is 4.74 Å². The van der Waals surface area contributed by atoms with Crippen molar-refractivity contribution >= 4 is 32.4 Å². The van der Waals surface area contributed by atoms with Crippen LogP contribution in [0.15, 0.2) is 97.7 Å². The third-order valence-corrected chi connectivity index (χ3v) is 8.54. The van der Waals surface area contributed by atoms with Crippen molar-refractivity contribution in [1.82, 2.24) is 9.88 Å². The van der Waals surface area contributed by atoms with E-state index in [-0.39, 0.29) is 6.04 Å². The standard InChI is InChI=1S/C33H30N2O2/c1-2-21-20-35-16-14-22(21)17-31(35)33(36)28-13-15-34-30-12-11-24(19-29(28)30)37-32-18-23-7-3-4-8-25(23)26-9-5-6-10-27(26)32/h2-13,15,18-19,21-22,31,33,36H,1,14,16-17,20H2/t21-,22?,31+,33?/m0/s1. The van der Waals surface area contributed by atoms with Crippen LogP contribution in [0, 0.1) is 11.8 Å². The summed E-state index contributed by atoms with van der Waals surface area (Å²) in [6, 6.07) is 27.0. The van der Waals surface area contributed by atoms with Gasteiger partial charge >= 0.3 is 0 Å². The first-order valence-corrected chi connectivity index (χ1v) is 13.2. The zero-order chi connectivity index (χ0) is 24.9. The van der Waals surface area contributed by atoms with Crippen LogP contribution in [0.1, 0.15) is 24.5 Å². The lowest BCUT2D eigenvalue weighted by atomic mass is 9.73. The van der Waals surface area contributed by atoms with E-state index in [0.29, 0.717) is 11.8 Å². The fraction of sp³-hybridized carbons (Fsp3) is 0.242. The van der Waals surface area contributed by atoms with E-state index in [4.69, 9.17) is 4.74 Å². The van der Waals surface area contributed by atoms with Gasteiger partial charge in [0.2, 0.25) is 0 Å². The molecule has 3 unspecified atom stereocenters. The smallest absolute Gasteiger partial charge is 0.135 e. The molecule has 3 fully saturated rings. The highest BCUT2D eigenvalue weighted by atomic mass is 16.5. The molecule has 3 aliphatic rings. The number of aromatic nitrogens is 1. The molecule has 0 radical (unpaired) electrons. The molecule has 1 N–H and O–H groups in total. The van der Waals surface area contributed by atoms with Crippen LogP contribution >= 0.6 is 0 Å². The van der Waals surface area contributed by atoms with E-state index >= 15 is 0 Å². The van der Waals surface area contributed by atoms with Crippen molar-refractivity contribution in [2.45, 2.75) is 25.0 Å². The SMILES string of the molecule is C=C[C@H]1CN2CCC1C[C@@H]2C(O)c1ccnc2ccc(Oc3cc4ccccc4c4ccccc34)cc12. The maximum Gasteiger partial charge on any atom is 0.135 e. The number of aliphatic hydroxyl groups excluding tert-OH is 1. The summed E-state index contributed by atoms with van der Waals surface area (Å²) in [5.41, 5.74) is 1.79. The molecule has 3 aliphatic heterocycles. The molecule has 8 rings (SSSR count). The molecule has 4 heterocycles. The molecule has 1 aromatic heterocycles. The minimum atomic E-state index is -0.573. The van der Waals surface area contributed by atoms with Gasteiger partial charge in [0.15, 0.2) is 0 Å². The zero-order valence-corrected chi connectivity index (χ0v) is 20.8. The van der Waals surface area contributed by atoms with E-state index in [9.17, 15) is 5.11 Å². The summed E-state index contributed by atoms with van der Waals surface area (Å²) in [5.74, 6) is 2.70. The second kappa shape index (κ2) is 8.98. The molecular formula is C33H30N2O2. The Bertz CT molecular complexity index is 1640. The lowest BCUT2D eigenvalue weighted by Crippen LogP contribution is -2.54. The van der Waals surface area contributed by atoms with Crippen molar-refractivity contribution in [3.63, 3.8) is 0 Å². The van der Waals surface area contributed by atoms with E-state index in [0.717, 1.165) is 58.2 Å². The third-order valence-electron chi connectivity index (χ3n) is 8.54. The summed E-state index contributed by atoms with van der Waals surface area (Å²) in [4.78, 5) is 7.04. The second-order valence-electron chi connectivity index (χ2n) is 10.5. The van der Waals surface area contributed by atoms with Gasteiger partial charge in [0.05, 0.1) is 11.6 Å². The van der Waals surface area contributed by atoms with Crippen LogP contribution in [0.5, 0.6) is 11.5 Å². The van der Waals surface area contributed by atoms with E-state index in [1.807, 2.05) is 30.3 Å². The van der Waals surface area contributed by atoms with E-state index in [1.165, 1.54) is 17.2 Å². The Kier molecular flexibility index (Phi) is 5.45. The van der Waals surface area contributed by atoms with Gasteiger partial charge in [0.25, 0.3) is 0 Å². The predicted molar refractivity (Wildman–Crippen MR) is 150 cm³/mol. The molecular weight excluding hydrogens is 456 g/mol. The highest BCUT2D eigenvalue weighted by molar-refractivity contribution is 6.10. The fourth-order valence-corrected chi connectivity index (χ4v) is 6.61. The number of piperidine rings is 3. The number of rotatable bonds is 5. The first-order chi connectivity index (χ1) is 18.2. The lowest BCUT2D eigenvalue weighted by molar-refractivity contribution is -0.0444. The van der Waals surface area contributed by atoms with Crippen LogP contribution in [0.3, 0.4) is 0 Å². The number of pyridine rings is 1. The molecule has 0 amide bonds. The van der Waals surface area contributed by atoms with Crippen molar-refractivity contribution in [2.75, 3.05) is 13.1 Å². The Labute approximate surface area is 216 Å². The molecule has 2 bridgehead atoms.